The third-order valence-corrected chi connectivity index (χ3v) is 4.20. The van der Waals surface area contributed by atoms with Crippen LogP contribution in [-0.2, 0) is 6.54 Å². The molecule has 1 aromatic heterocycles. The molecule has 1 heterocycles. The van der Waals surface area contributed by atoms with E-state index in [-0.39, 0.29) is 0 Å². The second-order valence-electron chi connectivity index (χ2n) is 5.91. The van der Waals surface area contributed by atoms with Gasteiger partial charge in [-0.15, -0.1) is 0 Å². The molecule has 0 saturated heterocycles. The van der Waals surface area contributed by atoms with Gasteiger partial charge < -0.3 is 5.11 Å². The summed E-state index contributed by atoms with van der Waals surface area (Å²) in [7, 11) is 0. The van der Waals surface area contributed by atoms with Gasteiger partial charge in [0, 0.05) is 18.3 Å². The molecule has 4 nitrogen and oxygen atoms in total. The number of aromatic nitrogens is 2. The van der Waals surface area contributed by atoms with E-state index in [4.69, 9.17) is 0 Å². The number of rotatable bonds is 4. The Kier molecular flexibility index (Phi) is 4.26. The summed E-state index contributed by atoms with van der Waals surface area (Å²) < 4.78 is 1.84. The molecule has 1 N–H and O–H groups in total. The van der Waals surface area contributed by atoms with Crippen molar-refractivity contribution in [3.63, 3.8) is 0 Å². The molecule has 0 aromatic carbocycles. The first-order chi connectivity index (χ1) is 9.11. The van der Waals surface area contributed by atoms with E-state index in [0.29, 0.717) is 5.92 Å². The SMILES string of the molecule is CCCn1cc(C(O)C2(C#N)CCCC(C)C2)cn1. The molecule has 0 bridgehead atoms. The molecule has 1 aliphatic carbocycles. The molecular weight excluding hydrogens is 238 g/mol. The highest BCUT2D eigenvalue weighted by atomic mass is 16.3. The van der Waals surface area contributed by atoms with E-state index in [0.717, 1.165) is 44.2 Å². The van der Waals surface area contributed by atoms with E-state index in [1.54, 1.807) is 6.20 Å². The second kappa shape index (κ2) is 5.75. The van der Waals surface area contributed by atoms with Crippen molar-refractivity contribution in [2.24, 2.45) is 11.3 Å². The van der Waals surface area contributed by atoms with E-state index in [1.165, 1.54) is 0 Å². The van der Waals surface area contributed by atoms with Crippen LogP contribution in [0.25, 0.3) is 0 Å². The lowest BCUT2D eigenvalue weighted by Gasteiger charge is -2.37. The van der Waals surface area contributed by atoms with Crippen LogP contribution in [0.5, 0.6) is 0 Å². The van der Waals surface area contributed by atoms with Gasteiger partial charge >= 0.3 is 0 Å². The first kappa shape index (κ1) is 14.1. The zero-order valence-corrected chi connectivity index (χ0v) is 11.8. The molecule has 19 heavy (non-hydrogen) atoms. The molecule has 1 aromatic rings. The maximum absolute atomic E-state index is 10.6. The molecule has 0 amide bonds. The Balaban J connectivity index is 2.20. The smallest absolute Gasteiger partial charge is 0.101 e. The number of aliphatic hydroxyl groups is 1. The zero-order chi connectivity index (χ0) is 13.9. The van der Waals surface area contributed by atoms with Gasteiger partial charge in [-0.3, -0.25) is 4.68 Å². The highest BCUT2D eigenvalue weighted by Gasteiger charge is 2.42. The average Bonchev–Trinajstić information content (AvgIpc) is 2.86. The van der Waals surface area contributed by atoms with Gasteiger partial charge in [-0.05, 0) is 25.2 Å². The van der Waals surface area contributed by atoms with Crippen LogP contribution in [0.15, 0.2) is 12.4 Å². The van der Waals surface area contributed by atoms with Gasteiger partial charge in [0.05, 0.1) is 17.7 Å². The van der Waals surface area contributed by atoms with Crippen molar-refractivity contribution < 1.29 is 5.11 Å². The fraction of sp³-hybridized carbons (Fsp3) is 0.733. The van der Waals surface area contributed by atoms with Gasteiger partial charge in [-0.2, -0.15) is 10.4 Å². The summed E-state index contributed by atoms with van der Waals surface area (Å²) in [5.74, 6) is 0.508. The van der Waals surface area contributed by atoms with Gasteiger partial charge in [-0.25, -0.2) is 0 Å². The Morgan fingerprint density at radius 3 is 3.11 bits per heavy atom. The van der Waals surface area contributed by atoms with Crippen LogP contribution < -0.4 is 0 Å². The minimum Gasteiger partial charge on any atom is -0.387 e. The molecule has 104 valence electrons. The number of aliphatic hydroxyl groups excluding tert-OH is 1. The lowest BCUT2D eigenvalue weighted by atomic mass is 9.66. The fourth-order valence-corrected chi connectivity index (χ4v) is 3.19. The number of hydrogen-bond donors (Lipinski definition) is 1. The molecule has 0 spiro atoms. The average molecular weight is 261 g/mol. The Bertz CT molecular complexity index is 462. The van der Waals surface area contributed by atoms with Crippen LogP contribution in [0.4, 0.5) is 0 Å². The Labute approximate surface area is 115 Å². The summed E-state index contributed by atoms with van der Waals surface area (Å²) in [5, 5.41) is 24.4. The van der Waals surface area contributed by atoms with Crippen molar-refractivity contribution in [2.45, 2.75) is 58.6 Å². The molecule has 1 saturated carbocycles. The highest BCUT2D eigenvalue weighted by Crippen LogP contribution is 2.47. The lowest BCUT2D eigenvalue weighted by molar-refractivity contribution is 0.0219. The Morgan fingerprint density at radius 2 is 2.47 bits per heavy atom. The molecule has 3 atom stereocenters. The highest BCUT2D eigenvalue weighted by molar-refractivity contribution is 5.18. The van der Waals surface area contributed by atoms with Crippen LogP contribution in [0.1, 0.15) is 57.6 Å². The molecule has 0 aliphatic heterocycles. The second-order valence-corrected chi connectivity index (χ2v) is 5.91. The third kappa shape index (κ3) is 2.82. The summed E-state index contributed by atoms with van der Waals surface area (Å²) in [5.41, 5.74) is 0.154. The predicted molar refractivity (Wildman–Crippen MR) is 73.2 cm³/mol. The summed E-state index contributed by atoms with van der Waals surface area (Å²) >= 11 is 0. The predicted octanol–water partition coefficient (Wildman–Crippen LogP) is 3.05. The minimum atomic E-state index is -0.717. The minimum absolute atomic E-state index is 0.508. The quantitative estimate of drug-likeness (QED) is 0.906. The van der Waals surface area contributed by atoms with Gasteiger partial charge in [0.2, 0.25) is 0 Å². The maximum atomic E-state index is 10.6. The van der Waals surface area contributed by atoms with Gasteiger partial charge in [-0.1, -0.05) is 26.7 Å². The monoisotopic (exact) mass is 261 g/mol. The molecule has 0 radical (unpaired) electrons. The molecule has 2 rings (SSSR count). The number of nitriles is 1. The topological polar surface area (TPSA) is 61.8 Å². The number of nitrogens with zero attached hydrogens (tertiary/aromatic N) is 3. The van der Waals surface area contributed by atoms with Gasteiger partial charge in [0.15, 0.2) is 0 Å². The van der Waals surface area contributed by atoms with E-state index < -0.39 is 11.5 Å². The van der Waals surface area contributed by atoms with Crippen LogP contribution in [0, 0.1) is 22.7 Å². The number of hydrogen-bond acceptors (Lipinski definition) is 3. The van der Waals surface area contributed by atoms with E-state index in [1.807, 2.05) is 10.9 Å². The standard InChI is InChI=1S/C15H23N3O/c1-3-7-18-10-13(9-17-18)14(19)15(11-16)6-4-5-12(2)8-15/h9-10,12,14,19H,3-8H2,1-2H3. The van der Waals surface area contributed by atoms with Crippen molar-refractivity contribution in [3.05, 3.63) is 18.0 Å². The summed E-state index contributed by atoms with van der Waals surface area (Å²) in [6, 6.07) is 2.40. The van der Waals surface area contributed by atoms with Crippen molar-refractivity contribution in [1.29, 1.82) is 5.26 Å². The normalized spacial score (nSPS) is 28.8. The summed E-state index contributed by atoms with van der Waals surface area (Å²) in [6.45, 7) is 5.11. The van der Waals surface area contributed by atoms with Crippen molar-refractivity contribution in [3.8, 4) is 6.07 Å². The van der Waals surface area contributed by atoms with Gasteiger partial charge in [0.25, 0.3) is 0 Å². The molecule has 4 heteroatoms. The van der Waals surface area contributed by atoms with Crippen LogP contribution >= 0.6 is 0 Å². The Morgan fingerprint density at radius 1 is 1.68 bits per heavy atom. The first-order valence-electron chi connectivity index (χ1n) is 7.23. The zero-order valence-electron chi connectivity index (χ0n) is 11.8. The van der Waals surface area contributed by atoms with Crippen molar-refractivity contribution in [2.75, 3.05) is 0 Å². The Hall–Kier alpha value is -1.34. The summed E-state index contributed by atoms with van der Waals surface area (Å²) in [6.07, 6.45) is 7.63. The first-order valence-corrected chi connectivity index (χ1v) is 7.23. The van der Waals surface area contributed by atoms with Crippen LogP contribution in [0.2, 0.25) is 0 Å². The maximum Gasteiger partial charge on any atom is 0.101 e. The molecular formula is C15H23N3O. The molecule has 1 fully saturated rings. The van der Waals surface area contributed by atoms with Crippen LogP contribution in [0.3, 0.4) is 0 Å². The fourth-order valence-electron chi connectivity index (χ4n) is 3.19. The largest absolute Gasteiger partial charge is 0.387 e. The lowest BCUT2D eigenvalue weighted by Crippen LogP contribution is -2.32. The molecule has 1 aliphatic rings. The summed E-state index contributed by atoms with van der Waals surface area (Å²) in [4.78, 5) is 0. The van der Waals surface area contributed by atoms with Crippen molar-refractivity contribution in [1.82, 2.24) is 9.78 Å². The van der Waals surface area contributed by atoms with Gasteiger partial charge in [0.1, 0.15) is 6.10 Å². The van der Waals surface area contributed by atoms with Crippen LogP contribution in [-0.4, -0.2) is 14.9 Å². The van der Waals surface area contributed by atoms with E-state index in [9.17, 15) is 10.4 Å². The number of aryl methyl sites for hydroxylation is 1. The molecule has 3 unspecified atom stereocenters. The van der Waals surface area contributed by atoms with E-state index >= 15 is 0 Å². The third-order valence-electron chi connectivity index (χ3n) is 4.20. The van der Waals surface area contributed by atoms with Crippen molar-refractivity contribution >= 4 is 0 Å². The van der Waals surface area contributed by atoms with E-state index in [2.05, 4.69) is 25.0 Å².